The first-order valence-electron chi connectivity index (χ1n) is 13.5. The Morgan fingerprint density at radius 1 is 1.02 bits per heavy atom. The van der Waals surface area contributed by atoms with Gasteiger partial charge in [0, 0.05) is 40.7 Å². The van der Waals surface area contributed by atoms with Gasteiger partial charge in [0.1, 0.15) is 29.6 Å². The molecule has 0 radical (unpaired) electrons. The number of carbonyl (C=O) groups is 1. The fourth-order valence-corrected chi connectivity index (χ4v) is 4.97. The zero-order chi connectivity index (χ0) is 30.1. The van der Waals surface area contributed by atoms with E-state index >= 15 is 4.39 Å². The molecule has 0 saturated heterocycles. The van der Waals surface area contributed by atoms with Crippen molar-refractivity contribution in [2.75, 3.05) is 13.8 Å². The van der Waals surface area contributed by atoms with Gasteiger partial charge in [-0.05, 0) is 60.9 Å². The number of esters is 1. The number of imidazole rings is 1. The second-order valence-electron chi connectivity index (χ2n) is 10.5. The van der Waals surface area contributed by atoms with Crippen LogP contribution >= 0.6 is 11.6 Å². The van der Waals surface area contributed by atoms with Crippen LogP contribution in [0.3, 0.4) is 0 Å². The molecule has 2 aromatic carbocycles. The standard InChI is InChI=1S/C31H25ClF3N5O3/c1-42-29(41)26-7-6-25-28(38-26)40(17-31(16-33)9-10-31)27(37-25)13-18-2-5-21(23(35)12-18)24-8-11-36-30(39-24)43-15-19-3-4-20(32)14-22(19)34/h2-8,11-12,14H,9-10,13,15-17H2,1H3. The molecule has 3 heterocycles. The Bertz CT molecular complexity index is 1840. The Balaban J connectivity index is 1.25. The normalized spacial score (nSPS) is 13.7. The van der Waals surface area contributed by atoms with Crippen molar-refractivity contribution in [1.29, 1.82) is 0 Å². The highest BCUT2D eigenvalue weighted by Gasteiger charge is 2.44. The van der Waals surface area contributed by atoms with Gasteiger partial charge >= 0.3 is 12.0 Å². The number of ether oxygens (including phenoxy) is 2. The zero-order valence-corrected chi connectivity index (χ0v) is 23.7. The molecule has 1 aliphatic carbocycles. The lowest BCUT2D eigenvalue weighted by Gasteiger charge is -2.15. The third kappa shape index (κ3) is 6.03. The molecule has 1 saturated carbocycles. The van der Waals surface area contributed by atoms with Crippen LogP contribution in [0.2, 0.25) is 5.02 Å². The maximum Gasteiger partial charge on any atom is 0.356 e. The van der Waals surface area contributed by atoms with Crippen molar-refractivity contribution in [3.63, 3.8) is 0 Å². The molecule has 0 atom stereocenters. The van der Waals surface area contributed by atoms with Crippen molar-refractivity contribution in [2.45, 2.75) is 32.4 Å². The van der Waals surface area contributed by atoms with E-state index < -0.39 is 29.7 Å². The number of carbonyl (C=O) groups excluding carboxylic acids is 1. The van der Waals surface area contributed by atoms with Crippen molar-refractivity contribution in [3.8, 4) is 17.3 Å². The average Bonchev–Trinajstić information content (AvgIpc) is 3.71. The van der Waals surface area contributed by atoms with E-state index in [0.29, 0.717) is 29.1 Å². The first-order valence-corrected chi connectivity index (χ1v) is 13.8. The number of methoxy groups -OCH3 is 1. The minimum atomic E-state index is -0.587. The molecule has 0 bridgehead atoms. The van der Waals surface area contributed by atoms with E-state index in [1.807, 2.05) is 4.57 Å². The lowest BCUT2D eigenvalue weighted by Crippen LogP contribution is -2.17. The Hall–Kier alpha value is -4.51. The number of hydrogen-bond acceptors (Lipinski definition) is 7. The fourth-order valence-electron chi connectivity index (χ4n) is 4.81. The smallest absolute Gasteiger partial charge is 0.356 e. The first-order chi connectivity index (χ1) is 20.8. The average molecular weight is 608 g/mol. The Labute approximate surface area is 249 Å². The van der Waals surface area contributed by atoms with Crippen molar-refractivity contribution in [1.82, 2.24) is 24.5 Å². The number of hydrogen-bond donors (Lipinski definition) is 0. The number of halogens is 4. The maximum absolute atomic E-state index is 15.4. The highest BCUT2D eigenvalue weighted by atomic mass is 35.5. The number of fused-ring (bicyclic) bond motifs is 1. The Morgan fingerprint density at radius 3 is 2.58 bits per heavy atom. The van der Waals surface area contributed by atoms with Crippen LogP contribution in [0.5, 0.6) is 6.01 Å². The Kier molecular flexibility index (Phi) is 7.74. The SMILES string of the molecule is COC(=O)c1ccc2nc(Cc3ccc(-c4ccnc(OCc5ccc(Cl)cc5F)n4)c(F)c3)n(CC3(CF)CC3)c2n1. The molecule has 5 aromatic rings. The summed E-state index contributed by atoms with van der Waals surface area (Å²) in [5.74, 6) is -1.06. The third-order valence-electron chi connectivity index (χ3n) is 7.48. The van der Waals surface area contributed by atoms with Crippen molar-refractivity contribution in [2.24, 2.45) is 5.41 Å². The molecular formula is C31H25ClF3N5O3. The summed E-state index contributed by atoms with van der Waals surface area (Å²) in [6.07, 6.45) is 3.15. The number of aromatic nitrogens is 5. The highest BCUT2D eigenvalue weighted by Crippen LogP contribution is 2.48. The summed E-state index contributed by atoms with van der Waals surface area (Å²) in [7, 11) is 1.27. The molecule has 1 fully saturated rings. The van der Waals surface area contributed by atoms with Gasteiger partial charge in [-0.1, -0.05) is 23.7 Å². The molecule has 0 amide bonds. The van der Waals surface area contributed by atoms with E-state index in [0.717, 1.165) is 12.8 Å². The number of pyridine rings is 1. The summed E-state index contributed by atoms with van der Waals surface area (Å²) in [6.45, 7) is -0.267. The summed E-state index contributed by atoms with van der Waals surface area (Å²) in [5, 5.41) is 0.270. The summed E-state index contributed by atoms with van der Waals surface area (Å²) < 4.78 is 55.6. The van der Waals surface area contributed by atoms with Crippen molar-refractivity contribution < 1.29 is 27.4 Å². The van der Waals surface area contributed by atoms with E-state index in [-0.39, 0.29) is 46.6 Å². The van der Waals surface area contributed by atoms with Gasteiger partial charge in [-0.15, -0.1) is 0 Å². The molecule has 0 spiro atoms. The van der Waals surface area contributed by atoms with Crippen LogP contribution in [0.15, 0.2) is 60.8 Å². The Morgan fingerprint density at radius 2 is 1.86 bits per heavy atom. The molecule has 12 heteroatoms. The molecule has 0 unspecified atom stereocenters. The molecular weight excluding hydrogens is 583 g/mol. The lowest BCUT2D eigenvalue weighted by atomic mass is 10.1. The predicted molar refractivity (Wildman–Crippen MR) is 152 cm³/mol. The third-order valence-corrected chi connectivity index (χ3v) is 7.71. The molecule has 6 rings (SSSR count). The lowest BCUT2D eigenvalue weighted by molar-refractivity contribution is 0.0594. The monoisotopic (exact) mass is 607 g/mol. The van der Waals surface area contributed by atoms with Gasteiger partial charge in [-0.25, -0.2) is 28.5 Å². The van der Waals surface area contributed by atoms with Gasteiger partial charge in [-0.2, -0.15) is 4.98 Å². The molecule has 220 valence electrons. The molecule has 8 nitrogen and oxygen atoms in total. The van der Waals surface area contributed by atoms with Crippen LogP contribution in [-0.4, -0.2) is 44.3 Å². The number of benzene rings is 2. The molecule has 0 aliphatic heterocycles. The summed E-state index contributed by atoms with van der Waals surface area (Å²) >= 11 is 5.80. The van der Waals surface area contributed by atoms with Gasteiger partial charge in [0.15, 0.2) is 11.3 Å². The minimum Gasteiger partial charge on any atom is -0.464 e. The second kappa shape index (κ2) is 11.6. The minimum absolute atomic E-state index is 0.0373. The molecule has 0 N–H and O–H groups in total. The quantitative estimate of drug-likeness (QED) is 0.167. The highest BCUT2D eigenvalue weighted by molar-refractivity contribution is 6.30. The van der Waals surface area contributed by atoms with Crippen LogP contribution in [0.1, 0.15) is 40.3 Å². The largest absolute Gasteiger partial charge is 0.464 e. The van der Waals surface area contributed by atoms with E-state index in [9.17, 15) is 13.6 Å². The summed E-state index contributed by atoms with van der Waals surface area (Å²) in [6, 6.07) is 13.7. The summed E-state index contributed by atoms with van der Waals surface area (Å²) in [4.78, 5) is 29.6. The van der Waals surface area contributed by atoms with Crippen LogP contribution in [-0.2, 0) is 24.3 Å². The van der Waals surface area contributed by atoms with Crippen LogP contribution in [0, 0.1) is 17.0 Å². The molecule has 3 aromatic heterocycles. The van der Waals surface area contributed by atoms with Gasteiger partial charge in [0.2, 0.25) is 0 Å². The first kappa shape index (κ1) is 28.6. The topological polar surface area (TPSA) is 92.0 Å². The van der Waals surface area contributed by atoms with E-state index in [2.05, 4.69) is 15.0 Å². The predicted octanol–water partition coefficient (Wildman–Crippen LogP) is 6.53. The van der Waals surface area contributed by atoms with Crippen molar-refractivity contribution >= 4 is 28.7 Å². The molecule has 1 aliphatic rings. The van der Waals surface area contributed by atoms with Crippen LogP contribution in [0.4, 0.5) is 13.2 Å². The van der Waals surface area contributed by atoms with Crippen molar-refractivity contribution in [3.05, 3.63) is 100 Å². The van der Waals surface area contributed by atoms with E-state index in [4.69, 9.17) is 26.1 Å². The van der Waals surface area contributed by atoms with Crippen LogP contribution in [0.25, 0.3) is 22.4 Å². The molecule has 43 heavy (non-hydrogen) atoms. The van der Waals surface area contributed by atoms with Crippen LogP contribution < -0.4 is 4.74 Å². The van der Waals surface area contributed by atoms with E-state index in [1.165, 1.54) is 37.6 Å². The van der Waals surface area contributed by atoms with Gasteiger partial charge in [0.25, 0.3) is 0 Å². The second-order valence-corrected chi connectivity index (χ2v) is 11.0. The fraction of sp³-hybridized carbons (Fsp3) is 0.258. The zero-order valence-electron chi connectivity index (χ0n) is 23.0. The number of rotatable bonds is 10. The number of alkyl halides is 1. The van der Waals surface area contributed by atoms with Gasteiger partial charge in [0.05, 0.1) is 19.5 Å². The maximum atomic E-state index is 15.4. The van der Waals surface area contributed by atoms with E-state index in [1.54, 1.807) is 30.3 Å². The summed E-state index contributed by atoms with van der Waals surface area (Å²) in [5.41, 5.74) is 2.03. The van der Waals surface area contributed by atoms with Gasteiger partial charge in [-0.3, -0.25) is 4.39 Å². The van der Waals surface area contributed by atoms with Gasteiger partial charge < -0.3 is 14.0 Å². The number of nitrogens with zero attached hydrogens (tertiary/aromatic N) is 5.